The molecule has 3 saturated heterocycles. The van der Waals surface area contributed by atoms with Crippen LogP contribution in [-0.4, -0.2) is 82.7 Å². The van der Waals surface area contributed by atoms with E-state index in [1.54, 1.807) is 26.9 Å². The third kappa shape index (κ3) is 4.56. The topological polar surface area (TPSA) is 90.4 Å². The second-order valence-electron chi connectivity index (χ2n) is 12.2. The summed E-state index contributed by atoms with van der Waals surface area (Å²) in [6, 6.07) is 12.9. The average molecular weight is 574 g/mol. The molecule has 2 bridgehead atoms. The maximum Gasteiger partial charge on any atom is 0.253 e. The van der Waals surface area contributed by atoms with Gasteiger partial charge in [0.25, 0.3) is 5.91 Å². The molecule has 0 aliphatic carbocycles. The van der Waals surface area contributed by atoms with E-state index in [9.17, 15) is 19.5 Å². The third-order valence-electron chi connectivity index (χ3n) is 9.65. The predicted molar refractivity (Wildman–Crippen MR) is 164 cm³/mol. The summed E-state index contributed by atoms with van der Waals surface area (Å²) in [6.45, 7) is 15.0. The SMILES string of the molecule is C=CCN(CCC)C(=O)[C@H]1[C@H]2C(=O)N(CCCO)C(C(=O)N(CC=C)c3ccc4ccccc4c3)C23CC(C)[C@]1(C)O3. The molecule has 1 N–H and O–H groups in total. The first-order chi connectivity index (χ1) is 20.2. The molecule has 3 aliphatic heterocycles. The van der Waals surface area contributed by atoms with Crippen LogP contribution in [0.5, 0.6) is 0 Å². The zero-order valence-electron chi connectivity index (χ0n) is 25.0. The van der Waals surface area contributed by atoms with Crippen LogP contribution in [0.15, 0.2) is 67.8 Å². The van der Waals surface area contributed by atoms with Gasteiger partial charge in [-0.15, -0.1) is 13.2 Å². The molecule has 2 aromatic rings. The van der Waals surface area contributed by atoms with Gasteiger partial charge in [0.05, 0.1) is 17.4 Å². The molecular weight excluding hydrogens is 530 g/mol. The quantitative estimate of drug-likeness (QED) is 0.385. The van der Waals surface area contributed by atoms with Gasteiger partial charge in [0.1, 0.15) is 11.6 Å². The molecule has 3 fully saturated rings. The van der Waals surface area contributed by atoms with Crippen molar-refractivity contribution in [1.82, 2.24) is 9.80 Å². The minimum absolute atomic E-state index is 0.0516. The number of hydrogen-bond acceptors (Lipinski definition) is 5. The van der Waals surface area contributed by atoms with Gasteiger partial charge in [0.2, 0.25) is 11.8 Å². The number of amides is 3. The van der Waals surface area contributed by atoms with Crippen LogP contribution in [0.4, 0.5) is 5.69 Å². The first-order valence-corrected chi connectivity index (χ1v) is 15.1. The maximum atomic E-state index is 14.8. The number of anilines is 1. The minimum Gasteiger partial charge on any atom is -0.396 e. The van der Waals surface area contributed by atoms with Gasteiger partial charge in [-0.25, -0.2) is 0 Å². The molecule has 6 atom stereocenters. The largest absolute Gasteiger partial charge is 0.396 e. The van der Waals surface area contributed by atoms with Gasteiger partial charge in [-0.2, -0.15) is 0 Å². The van der Waals surface area contributed by atoms with Gasteiger partial charge >= 0.3 is 0 Å². The van der Waals surface area contributed by atoms with E-state index in [0.29, 0.717) is 31.6 Å². The van der Waals surface area contributed by atoms with E-state index in [4.69, 9.17) is 4.74 Å². The number of carbonyl (C=O) groups excluding carboxylic acids is 3. The van der Waals surface area contributed by atoms with Crippen LogP contribution in [0.25, 0.3) is 10.8 Å². The zero-order valence-corrected chi connectivity index (χ0v) is 25.0. The molecule has 3 amide bonds. The lowest BCUT2D eigenvalue weighted by atomic mass is 9.62. The van der Waals surface area contributed by atoms with Crippen LogP contribution in [-0.2, 0) is 19.1 Å². The zero-order chi connectivity index (χ0) is 30.2. The second-order valence-corrected chi connectivity index (χ2v) is 12.2. The standard InChI is InChI=1S/C34H43N3O5/c1-6-16-35(17-7-2)30(39)27-28-31(40)37(19-11-20-38)29(34(28)22-23(4)33(27,5)42-34)32(41)36(18-8-3)26-15-14-24-12-9-10-13-25(24)21-26/h6,8-10,12-15,21,23,27-29,38H,1,3,7,11,16-20,22H2,2,4-5H3/t23?,27-,28+,29?,33+,34?/m1/s1. The Kier molecular flexibility index (Phi) is 8.32. The van der Waals surface area contributed by atoms with Gasteiger partial charge in [-0.05, 0) is 55.0 Å². The molecule has 0 aromatic heterocycles. The van der Waals surface area contributed by atoms with E-state index >= 15 is 0 Å². The number of nitrogens with zero attached hydrogens (tertiary/aromatic N) is 3. The van der Waals surface area contributed by atoms with Gasteiger partial charge in [-0.1, -0.05) is 56.3 Å². The van der Waals surface area contributed by atoms with Crippen LogP contribution in [0.1, 0.15) is 40.0 Å². The van der Waals surface area contributed by atoms with E-state index < -0.39 is 29.1 Å². The molecule has 3 aliphatic rings. The molecule has 8 heteroatoms. The van der Waals surface area contributed by atoms with E-state index in [1.807, 2.05) is 56.3 Å². The predicted octanol–water partition coefficient (Wildman–Crippen LogP) is 4.18. The van der Waals surface area contributed by atoms with Crippen molar-refractivity contribution in [2.45, 2.75) is 57.3 Å². The molecule has 42 heavy (non-hydrogen) atoms. The van der Waals surface area contributed by atoms with Crippen LogP contribution in [0.3, 0.4) is 0 Å². The maximum absolute atomic E-state index is 14.8. The average Bonchev–Trinajstić information content (AvgIpc) is 3.49. The van der Waals surface area contributed by atoms with Crippen LogP contribution in [0.2, 0.25) is 0 Å². The highest BCUT2D eigenvalue weighted by atomic mass is 16.5. The molecule has 0 saturated carbocycles. The Morgan fingerprint density at radius 3 is 2.50 bits per heavy atom. The normalized spacial score (nSPS) is 29.5. The highest BCUT2D eigenvalue weighted by Gasteiger charge is 2.80. The Balaban J connectivity index is 1.61. The molecular formula is C34H43N3O5. The Labute approximate surface area is 248 Å². The highest BCUT2D eigenvalue weighted by Crippen LogP contribution is 2.65. The smallest absolute Gasteiger partial charge is 0.253 e. The molecule has 1 spiro atoms. The Hall–Kier alpha value is -3.49. The van der Waals surface area contributed by atoms with Crippen molar-refractivity contribution in [3.63, 3.8) is 0 Å². The van der Waals surface area contributed by atoms with Crippen molar-refractivity contribution >= 4 is 34.2 Å². The van der Waals surface area contributed by atoms with Gasteiger partial charge < -0.3 is 24.5 Å². The Bertz CT molecular complexity index is 1390. The summed E-state index contributed by atoms with van der Waals surface area (Å²) >= 11 is 0. The van der Waals surface area contributed by atoms with Crippen molar-refractivity contribution in [2.75, 3.05) is 37.7 Å². The van der Waals surface area contributed by atoms with E-state index in [-0.39, 0.29) is 43.3 Å². The Morgan fingerprint density at radius 2 is 1.83 bits per heavy atom. The number of ether oxygens (including phenoxy) is 1. The monoisotopic (exact) mass is 573 g/mol. The van der Waals surface area contributed by atoms with E-state index in [1.165, 1.54) is 0 Å². The first kappa shape index (κ1) is 30.0. The molecule has 3 heterocycles. The van der Waals surface area contributed by atoms with Crippen molar-refractivity contribution in [2.24, 2.45) is 17.8 Å². The summed E-state index contributed by atoms with van der Waals surface area (Å²) in [6.07, 6.45) is 4.97. The van der Waals surface area contributed by atoms with Crippen molar-refractivity contribution in [3.8, 4) is 0 Å². The molecule has 5 rings (SSSR count). The minimum atomic E-state index is -1.15. The van der Waals surface area contributed by atoms with Gasteiger partial charge in [-0.3, -0.25) is 14.4 Å². The number of benzene rings is 2. The van der Waals surface area contributed by atoms with Crippen LogP contribution >= 0.6 is 0 Å². The lowest BCUT2D eigenvalue weighted by molar-refractivity contribution is -0.151. The molecule has 224 valence electrons. The Morgan fingerprint density at radius 1 is 1.12 bits per heavy atom. The summed E-state index contributed by atoms with van der Waals surface area (Å²) in [4.78, 5) is 48.4. The molecule has 2 aromatic carbocycles. The molecule has 8 nitrogen and oxygen atoms in total. The number of hydrogen-bond donors (Lipinski definition) is 1. The van der Waals surface area contributed by atoms with E-state index in [2.05, 4.69) is 20.1 Å². The third-order valence-corrected chi connectivity index (χ3v) is 9.65. The van der Waals surface area contributed by atoms with Crippen molar-refractivity contribution < 1.29 is 24.2 Å². The fourth-order valence-corrected chi connectivity index (χ4v) is 7.73. The van der Waals surface area contributed by atoms with E-state index in [0.717, 1.165) is 17.2 Å². The number of aliphatic hydroxyl groups is 1. The number of carbonyl (C=O) groups is 3. The summed E-state index contributed by atoms with van der Waals surface area (Å²) in [5, 5.41) is 11.8. The number of likely N-dealkylation sites (tertiary alicyclic amines) is 1. The summed E-state index contributed by atoms with van der Waals surface area (Å²) in [7, 11) is 0. The summed E-state index contributed by atoms with van der Waals surface area (Å²) in [5.74, 6) is -2.20. The van der Waals surface area contributed by atoms with Crippen molar-refractivity contribution in [3.05, 3.63) is 67.8 Å². The fraction of sp³-hybridized carbons (Fsp3) is 0.500. The molecule has 0 radical (unpaired) electrons. The number of aliphatic hydroxyl groups excluding tert-OH is 1. The highest BCUT2D eigenvalue weighted by molar-refractivity contribution is 6.06. The van der Waals surface area contributed by atoms with Gasteiger partial charge in [0.15, 0.2) is 0 Å². The molecule has 3 unspecified atom stereocenters. The number of fused-ring (bicyclic) bond motifs is 2. The number of rotatable bonds is 12. The van der Waals surface area contributed by atoms with Crippen molar-refractivity contribution in [1.29, 1.82) is 0 Å². The fourth-order valence-electron chi connectivity index (χ4n) is 7.73. The van der Waals surface area contributed by atoms with Crippen LogP contribution in [0, 0.1) is 17.8 Å². The van der Waals surface area contributed by atoms with Crippen LogP contribution < -0.4 is 4.90 Å². The summed E-state index contributed by atoms with van der Waals surface area (Å²) in [5.41, 5.74) is -1.34. The summed E-state index contributed by atoms with van der Waals surface area (Å²) < 4.78 is 6.90. The second kappa shape index (κ2) is 11.7. The lowest BCUT2D eigenvalue weighted by Crippen LogP contribution is -2.57. The lowest BCUT2D eigenvalue weighted by Gasteiger charge is -2.39. The van der Waals surface area contributed by atoms with Gasteiger partial charge in [0, 0.05) is 38.5 Å². The first-order valence-electron chi connectivity index (χ1n) is 15.1.